The van der Waals surface area contributed by atoms with Crippen molar-refractivity contribution in [3.63, 3.8) is 0 Å². The highest BCUT2D eigenvalue weighted by Gasteiger charge is 2.36. The Bertz CT molecular complexity index is 745. The van der Waals surface area contributed by atoms with E-state index >= 15 is 0 Å². The summed E-state index contributed by atoms with van der Waals surface area (Å²) < 4.78 is 11.2. The van der Waals surface area contributed by atoms with E-state index in [9.17, 15) is 4.79 Å². The molecule has 4 heteroatoms. The Morgan fingerprint density at radius 3 is 2.64 bits per heavy atom. The standard InChI is InChI=1S/C21H25NO3/c1-4-24-17-7-5-16(6-8-17)14-22(3)21(23)12-10-18-9-11-20(25-18)19-13-15(19)2/h5-12,15,19H,4,13-14H2,1-3H3/b12-10+. The van der Waals surface area contributed by atoms with Gasteiger partial charge in [0.2, 0.25) is 5.91 Å². The highest BCUT2D eigenvalue weighted by atomic mass is 16.5. The quantitative estimate of drug-likeness (QED) is 0.699. The van der Waals surface area contributed by atoms with Crippen molar-refractivity contribution in [3.8, 4) is 5.75 Å². The van der Waals surface area contributed by atoms with Gasteiger partial charge in [0.15, 0.2) is 0 Å². The number of hydrogen-bond donors (Lipinski definition) is 0. The normalized spacial score (nSPS) is 19.2. The molecule has 1 fully saturated rings. The van der Waals surface area contributed by atoms with Gasteiger partial charge < -0.3 is 14.1 Å². The summed E-state index contributed by atoms with van der Waals surface area (Å²) in [6.45, 7) is 5.39. The van der Waals surface area contributed by atoms with Gasteiger partial charge in [-0.25, -0.2) is 0 Å². The molecule has 1 aromatic carbocycles. The van der Waals surface area contributed by atoms with E-state index in [4.69, 9.17) is 9.15 Å². The predicted molar refractivity (Wildman–Crippen MR) is 98.3 cm³/mol. The monoisotopic (exact) mass is 339 g/mol. The molecule has 1 aromatic heterocycles. The molecule has 1 aliphatic carbocycles. The van der Waals surface area contributed by atoms with Crippen LogP contribution < -0.4 is 4.74 Å². The SMILES string of the molecule is CCOc1ccc(CN(C)C(=O)/C=C/c2ccc(C3CC3C)o2)cc1. The lowest BCUT2D eigenvalue weighted by Crippen LogP contribution is -2.24. The van der Waals surface area contributed by atoms with E-state index in [2.05, 4.69) is 6.92 Å². The lowest BCUT2D eigenvalue weighted by molar-refractivity contribution is -0.125. The summed E-state index contributed by atoms with van der Waals surface area (Å²) >= 11 is 0. The van der Waals surface area contributed by atoms with E-state index in [0.29, 0.717) is 25.0 Å². The minimum atomic E-state index is -0.0494. The predicted octanol–water partition coefficient (Wildman–Crippen LogP) is 4.47. The van der Waals surface area contributed by atoms with Gasteiger partial charge in [-0.1, -0.05) is 19.1 Å². The zero-order valence-corrected chi connectivity index (χ0v) is 15.1. The lowest BCUT2D eigenvalue weighted by atomic mass is 10.2. The fourth-order valence-corrected chi connectivity index (χ4v) is 2.87. The number of carbonyl (C=O) groups is 1. The molecule has 4 nitrogen and oxygen atoms in total. The minimum absolute atomic E-state index is 0.0494. The Hall–Kier alpha value is -2.49. The number of rotatable bonds is 7. The second kappa shape index (κ2) is 7.60. The molecule has 2 atom stereocenters. The van der Waals surface area contributed by atoms with Gasteiger partial charge in [-0.2, -0.15) is 0 Å². The molecule has 0 saturated heterocycles. The molecule has 2 aromatic rings. The van der Waals surface area contributed by atoms with Gasteiger partial charge in [0, 0.05) is 25.6 Å². The van der Waals surface area contributed by atoms with Gasteiger partial charge in [-0.15, -0.1) is 0 Å². The first-order chi connectivity index (χ1) is 12.1. The molecule has 1 heterocycles. The second-order valence-electron chi connectivity index (χ2n) is 6.66. The minimum Gasteiger partial charge on any atom is -0.494 e. The van der Waals surface area contributed by atoms with Crippen molar-refractivity contribution in [1.82, 2.24) is 4.90 Å². The van der Waals surface area contributed by atoms with Crippen LogP contribution in [-0.2, 0) is 11.3 Å². The van der Waals surface area contributed by atoms with E-state index in [1.54, 1.807) is 24.1 Å². The molecule has 3 rings (SSSR count). The first kappa shape index (κ1) is 17.3. The van der Waals surface area contributed by atoms with Crippen LogP contribution in [0.5, 0.6) is 5.75 Å². The molecule has 0 radical (unpaired) electrons. The van der Waals surface area contributed by atoms with Gasteiger partial charge in [-0.05, 0) is 55.2 Å². The molecule has 2 unspecified atom stereocenters. The molecule has 132 valence electrons. The molecule has 0 spiro atoms. The molecule has 25 heavy (non-hydrogen) atoms. The van der Waals surface area contributed by atoms with Crippen molar-refractivity contribution in [2.24, 2.45) is 5.92 Å². The third kappa shape index (κ3) is 4.53. The average Bonchev–Trinajstić information content (AvgIpc) is 3.15. The number of ether oxygens (including phenoxy) is 1. The molecule has 0 bridgehead atoms. The van der Waals surface area contributed by atoms with E-state index in [1.165, 1.54) is 6.42 Å². The third-order valence-corrected chi connectivity index (χ3v) is 4.54. The van der Waals surface area contributed by atoms with Crippen molar-refractivity contribution < 1.29 is 13.9 Å². The summed E-state index contributed by atoms with van der Waals surface area (Å²) in [5.74, 6) is 3.83. The van der Waals surface area contributed by atoms with Crippen molar-refractivity contribution in [2.45, 2.75) is 32.7 Å². The molecule has 1 aliphatic rings. The molecule has 0 aliphatic heterocycles. The van der Waals surface area contributed by atoms with Gasteiger partial charge in [0.05, 0.1) is 6.61 Å². The van der Waals surface area contributed by atoms with Crippen LogP contribution in [0.3, 0.4) is 0 Å². The highest BCUT2D eigenvalue weighted by Crippen LogP contribution is 2.47. The maximum Gasteiger partial charge on any atom is 0.246 e. The van der Waals surface area contributed by atoms with Crippen LogP contribution in [0.15, 0.2) is 46.9 Å². The third-order valence-electron chi connectivity index (χ3n) is 4.54. The van der Waals surface area contributed by atoms with Crippen LogP contribution in [0.1, 0.15) is 43.3 Å². The first-order valence-corrected chi connectivity index (χ1v) is 8.81. The van der Waals surface area contributed by atoms with E-state index in [0.717, 1.165) is 22.8 Å². The molecular weight excluding hydrogens is 314 g/mol. The lowest BCUT2D eigenvalue weighted by Gasteiger charge is -2.15. The number of hydrogen-bond acceptors (Lipinski definition) is 3. The van der Waals surface area contributed by atoms with Crippen LogP contribution in [0.4, 0.5) is 0 Å². The molecule has 1 saturated carbocycles. The fourth-order valence-electron chi connectivity index (χ4n) is 2.87. The summed E-state index contributed by atoms with van der Waals surface area (Å²) in [4.78, 5) is 13.9. The van der Waals surface area contributed by atoms with Gasteiger partial charge >= 0.3 is 0 Å². The van der Waals surface area contributed by atoms with Crippen LogP contribution >= 0.6 is 0 Å². The van der Waals surface area contributed by atoms with Crippen LogP contribution in [0, 0.1) is 5.92 Å². The van der Waals surface area contributed by atoms with Gasteiger partial charge in [-0.3, -0.25) is 4.79 Å². The summed E-state index contributed by atoms with van der Waals surface area (Å²) in [5, 5.41) is 0. The highest BCUT2D eigenvalue weighted by molar-refractivity contribution is 5.91. The summed E-state index contributed by atoms with van der Waals surface area (Å²) in [6, 6.07) is 11.8. The summed E-state index contributed by atoms with van der Waals surface area (Å²) in [6.07, 6.45) is 4.50. The Morgan fingerprint density at radius 2 is 2.00 bits per heavy atom. The van der Waals surface area contributed by atoms with Crippen LogP contribution in [0.2, 0.25) is 0 Å². The second-order valence-corrected chi connectivity index (χ2v) is 6.66. The smallest absolute Gasteiger partial charge is 0.246 e. The van der Waals surface area contributed by atoms with Crippen molar-refractivity contribution >= 4 is 12.0 Å². The molecule has 1 amide bonds. The Balaban J connectivity index is 1.54. The van der Waals surface area contributed by atoms with Gasteiger partial charge in [0.1, 0.15) is 17.3 Å². The molecular formula is C21H25NO3. The number of likely N-dealkylation sites (N-methyl/N-ethyl adjacent to an activating group) is 1. The Kier molecular flexibility index (Phi) is 5.27. The Morgan fingerprint density at radius 1 is 1.28 bits per heavy atom. The maximum atomic E-state index is 12.3. The molecule has 0 N–H and O–H groups in total. The zero-order chi connectivity index (χ0) is 17.8. The van der Waals surface area contributed by atoms with Crippen LogP contribution in [-0.4, -0.2) is 24.5 Å². The maximum absolute atomic E-state index is 12.3. The van der Waals surface area contributed by atoms with E-state index in [1.807, 2.05) is 43.3 Å². The van der Waals surface area contributed by atoms with Crippen molar-refractivity contribution in [2.75, 3.05) is 13.7 Å². The number of benzene rings is 1. The zero-order valence-electron chi connectivity index (χ0n) is 15.1. The van der Waals surface area contributed by atoms with E-state index < -0.39 is 0 Å². The number of nitrogens with zero attached hydrogens (tertiary/aromatic N) is 1. The fraction of sp³-hybridized carbons (Fsp3) is 0.381. The van der Waals surface area contributed by atoms with Gasteiger partial charge in [0.25, 0.3) is 0 Å². The summed E-state index contributed by atoms with van der Waals surface area (Å²) in [5.41, 5.74) is 1.07. The Labute approximate surface area is 149 Å². The average molecular weight is 339 g/mol. The van der Waals surface area contributed by atoms with Crippen LogP contribution in [0.25, 0.3) is 6.08 Å². The van der Waals surface area contributed by atoms with Crippen molar-refractivity contribution in [1.29, 1.82) is 0 Å². The van der Waals surface area contributed by atoms with Crippen molar-refractivity contribution in [3.05, 3.63) is 59.6 Å². The first-order valence-electron chi connectivity index (χ1n) is 8.81. The number of amides is 1. The summed E-state index contributed by atoms with van der Waals surface area (Å²) in [7, 11) is 1.79. The topological polar surface area (TPSA) is 42.7 Å². The van der Waals surface area contributed by atoms with E-state index in [-0.39, 0.29) is 5.91 Å². The largest absolute Gasteiger partial charge is 0.494 e. The number of carbonyl (C=O) groups excluding carboxylic acids is 1. The number of furan rings is 1.